The summed E-state index contributed by atoms with van der Waals surface area (Å²) in [6.45, 7) is 1.00. The Morgan fingerprint density at radius 3 is 2.81 bits per heavy atom. The fraction of sp³-hybridized carbons (Fsp3) is 0.143. The summed E-state index contributed by atoms with van der Waals surface area (Å²) in [5.41, 5.74) is 4.17. The Morgan fingerprint density at radius 1 is 1.12 bits per heavy atom. The Hall–Kier alpha value is -3.21. The van der Waals surface area contributed by atoms with E-state index in [0.29, 0.717) is 11.3 Å². The second-order valence-corrected chi connectivity index (χ2v) is 6.20. The lowest BCUT2D eigenvalue weighted by molar-refractivity contribution is 0.0945. The number of amides is 1. The summed E-state index contributed by atoms with van der Waals surface area (Å²) < 4.78 is 13.7. The molecule has 0 radical (unpaired) electrons. The highest BCUT2D eigenvalue weighted by Crippen LogP contribution is 2.34. The number of carbonyl (C=O) groups excluding carboxylic acids is 1. The Labute approximate surface area is 151 Å². The van der Waals surface area contributed by atoms with Crippen LogP contribution in [0.4, 0.5) is 15.8 Å². The second kappa shape index (κ2) is 6.96. The van der Waals surface area contributed by atoms with Gasteiger partial charge in [-0.05, 0) is 36.2 Å². The molecule has 1 aliphatic heterocycles. The summed E-state index contributed by atoms with van der Waals surface area (Å²) in [4.78, 5) is 18.8. The topological polar surface area (TPSA) is 45.2 Å². The van der Waals surface area contributed by atoms with Crippen LogP contribution in [-0.4, -0.2) is 17.4 Å². The SMILES string of the molecule is O=C(NCc1ccccc1F)c1cc(N2CCc3ccccc32)ccn1. The van der Waals surface area contributed by atoms with Gasteiger partial charge < -0.3 is 10.2 Å². The third-order valence-corrected chi connectivity index (χ3v) is 4.57. The number of carbonyl (C=O) groups is 1. The van der Waals surface area contributed by atoms with Crippen molar-refractivity contribution in [1.29, 1.82) is 0 Å². The van der Waals surface area contributed by atoms with Crippen molar-refractivity contribution in [2.45, 2.75) is 13.0 Å². The fourth-order valence-electron chi connectivity index (χ4n) is 3.23. The maximum atomic E-state index is 13.7. The number of para-hydroxylation sites is 1. The van der Waals surface area contributed by atoms with Crippen LogP contribution in [0.25, 0.3) is 0 Å². The molecule has 130 valence electrons. The summed E-state index contributed by atoms with van der Waals surface area (Å²) in [6, 6.07) is 18.3. The van der Waals surface area contributed by atoms with Crippen molar-refractivity contribution in [1.82, 2.24) is 10.3 Å². The molecule has 0 bridgehead atoms. The molecule has 0 saturated heterocycles. The third kappa shape index (κ3) is 3.16. The minimum Gasteiger partial charge on any atom is -0.347 e. The number of hydrogen-bond donors (Lipinski definition) is 1. The van der Waals surface area contributed by atoms with E-state index in [1.807, 2.05) is 18.2 Å². The van der Waals surface area contributed by atoms with E-state index < -0.39 is 0 Å². The van der Waals surface area contributed by atoms with E-state index in [-0.39, 0.29) is 18.3 Å². The first-order valence-electron chi connectivity index (χ1n) is 8.55. The smallest absolute Gasteiger partial charge is 0.270 e. The monoisotopic (exact) mass is 347 g/mol. The quantitative estimate of drug-likeness (QED) is 0.780. The number of pyridine rings is 1. The molecule has 3 aromatic rings. The number of fused-ring (bicyclic) bond motifs is 1. The molecule has 0 aliphatic carbocycles. The van der Waals surface area contributed by atoms with Gasteiger partial charge in [0.2, 0.25) is 0 Å². The zero-order valence-corrected chi connectivity index (χ0v) is 14.2. The van der Waals surface area contributed by atoms with E-state index in [9.17, 15) is 9.18 Å². The molecule has 5 heteroatoms. The van der Waals surface area contributed by atoms with Gasteiger partial charge in [-0.3, -0.25) is 9.78 Å². The number of anilines is 2. The lowest BCUT2D eigenvalue weighted by Gasteiger charge is -2.19. The van der Waals surface area contributed by atoms with Crippen molar-refractivity contribution < 1.29 is 9.18 Å². The van der Waals surface area contributed by atoms with Gasteiger partial charge in [-0.15, -0.1) is 0 Å². The van der Waals surface area contributed by atoms with E-state index in [4.69, 9.17) is 0 Å². The Balaban J connectivity index is 1.51. The van der Waals surface area contributed by atoms with Crippen LogP contribution in [0.3, 0.4) is 0 Å². The highest BCUT2D eigenvalue weighted by Gasteiger charge is 2.20. The molecule has 0 unspecified atom stereocenters. The van der Waals surface area contributed by atoms with E-state index in [2.05, 4.69) is 27.3 Å². The Morgan fingerprint density at radius 2 is 1.92 bits per heavy atom. The lowest BCUT2D eigenvalue weighted by Crippen LogP contribution is -2.24. The number of aromatic nitrogens is 1. The molecule has 2 aromatic carbocycles. The van der Waals surface area contributed by atoms with Gasteiger partial charge in [0.15, 0.2) is 0 Å². The zero-order valence-electron chi connectivity index (χ0n) is 14.2. The van der Waals surface area contributed by atoms with Crippen molar-refractivity contribution in [2.24, 2.45) is 0 Å². The molecular formula is C21H18FN3O. The zero-order chi connectivity index (χ0) is 17.9. The van der Waals surface area contributed by atoms with Crippen molar-refractivity contribution in [3.8, 4) is 0 Å². The van der Waals surface area contributed by atoms with Gasteiger partial charge in [-0.25, -0.2) is 4.39 Å². The van der Waals surface area contributed by atoms with Crippen LogP contribution in [0.1, 0.15) is 21.6 Å². The molecule has 0 atom stereocenters. The van der Waals surface area contributed by atoms with E-state index in [0.717, 1.165) is 24.3 Å². The first kappa shape index (κ1) is 16.3. The van der Waals surface area contributed by atoms with E-state index >= 15 is 0 Å². The normalized spacial score (nSPS) is 12.7. The minimum absolute atomic E-state index is 0.129. The Bertz CT molecular complexity index is 957. The summed E-state index contributed by atoms with van der Waals surface area (Å²) in [5, 5.41) is 2.73. The highest BCUT2D eigenvalue weighted by molar-refractivity contribution is 5.93. The summed E-state index contributed by atoms with van der Waals surface area (Å²) in [5.74, 6) is -0.647. The molecule has 1 amide bonds. The van der Waals surface area contributed by atoms with Gasteiger partial charge in [-0.1, -0.05) is 36.4 Å². The van der Waals surface area contributed by atoms with Crippen molar-refractivity contribution in [2.75, 3.05) is 11.4 Å². The molecule has 1 N–H and O–H groups in total. The molecule has 2 heterocycles. The van der Waals surface area contributed by atoms with Crippen LogP contribution >= 0.6 is 0 Å². The molecule has 0 spiro atoms. The largest absolute Gasteiger partial charge is 0.347 e. The molecule has 0 fully saturated rings. The maximum absolute atomic E-state index is 13.7. The summed E-state index contributed by atoms with van der Waals surface area (Å²) in [7, 11) is 0. The second-order valence-electron chi connectivity index (χ2n) is 6.20. The first-order chi connectivity index (χ1) is 12.7. The third-order valence-electron chi connectivity index (χ3n) is 4.57. The van der Waals surface area contributed by atoms with Crippen molar-refractivity contribution in [3.63, 3.8) is 0 Å². The van der Waals surface area contributed by atoms with Gasteiger partial charge in [-0.2, -0.15) is 0 Å². The van der Waals surface area contributed by atoms with Crippen molar-refractivity contribution >= 4 is 17.3 Å². The van der Waals surface area contributed by atoms with Crippen LogP contribution in [-0.2, 0) is 13.0 Å². The average Bonchev–Trinajstić information content (AvgIpc) is 3.11. The Kier molecular flexibility index (Phi) is 4.35. The van der Waals surface area contributed by atoms with Gasteiger partial charge in [0.1, 0.15) is 11.5 Å². The molecule has 0 saturated carbocycles. The molecular weight excluding hydrogens is 329 g/mol. The number of nitrogens with one attached hydrogen (secondary N) is 1. The maximum Gasteiger partial charge on any atom is 0.270 e. The molecule has 1 aromatic heterocycles. The standard InChI is InChI=1S/C21H18FN3O/c22-18-7-3-1-6-16(18)14-24-21(26)19-13-17(9-11-23-19)25-12-10-15-5-2-4-8-20(15)25/h1-9,11,13H,10,12,14H2,(H,24,26). The molecule has 26 heavy (non-hydrogen) atoms. The van der Waals surface area contributed by atoms with Gasteiger partial charge in [0.05, 0.1) is 0 Å². The van der Waals surface area contributed by atoms with E-state index in [1.54, 1.807) is 30.5 Å². The van der Waals surface area contributed by atoms with E-state index in [1.165, 1.54) is 11.6 Å². The number of benzene rings is 2. The number of halogens is 1. The van der Waals surface area contributed by atoms with Gasteiger partial charge in [0.25, 0.3) is 5.91 Å². The molecule has 4 nitrogen and oxygen atoms in total. The number of rotatable bonds is 4. The highest BCUT2D eigenvalue weighted by atomic mass is 19.1. The first-order valence-corrected chi connectivity index (χ1v) is 8.55. The number of nitrogens with zero attached hydrogens (tertiary/aromatic N) is 2. The van der Waals surface area contributed by atoms with Crippen LogP contribution in [0.5, 0.6) is 0 Å². The van der Waals surface area contributed by atoms with Crippen LogP contribution in [0.2, 0.25) is 0 Å². The summed E-state index contributed by atoms with van der Waals surface area (Å²) in [6.07, 6.45) is 2.61. The summed E-state index contributed by atoms with van der Waals surface area (Å²) >= 11 is 0. The fourth-order valence-corrected chi connectivity index (χ4v) is 3.23. The van der Waals surface area contributed by atoms with Crippen molar-refractivity contribution in [3.05, 3.63) is 89.5 Å². The van der Waals surface area contributed by atoms with Gasteiger partial charge in [0, 0.05) is 36.2 Å². The van der Waals surface area contributed by atoms with Crippen LogP contribution in [0.15, 0.2) is 66.9 Å². The van der Waals surface area contributed by atoms with Crippen LogP contribution in [0, 0.1) is 5.82 Å². The number of hydrogen-bond acceptors (Lipinski definition) is 3. The minimum atomic E-state index is -0.330. The van der Waals surface area contributed by atoms with Gasteiger partial charge >= 0.3 is 0 Å². The molecule has 1 aliphatic rings. The lowest BCUT2D eigenvalue weighted by atomic mass is 10.2. The predicted octanol–water partition coefficient (Wildman–Crippen LogP) is 3.84. The predicted molar refractivity (Wildman–Crippen MR) is 99.0 cm³/mol. The average molecular weight is 347 g/mol. The van der Waals surface area contributed by atoms with Crippen LogP contribution < -0.4 is 10.2 Å². The molecule has 4 rings (SSSR count).